The zero-order valence-corrected chi connectivity index (χ0v) is 11.1. The van der Waals surface area contributed by atoms with Gasteiger partial charge in [-0.15, -0.1) is 0 Å². The van der Waals surface area contributed by atoms with Gasteiger partial charge in [-0.05, 0) is 0 Å². The van der Waals surface area contributed by atoms with E-state index in [0.717, 1.165) is 12.3 Å². The molecule has 0 amide bonds. The number of hydrogen-bond acceptors (Lipinski definition) is 8. The summed E-state index contributed by atoms with van der Waals surface area (Å²) >= 11 is 0. The third-order valence-corrected chi connectivity index (χ3v) is 3.32. The molecule has 1 saturated heterocycles. The molecule has 2 heterocycles. The highest BCUT2D eigenvalue weighted by Crippen LogP contribution is 2.39. The maximum Gasteiger partial charge on any atom is 0.330 e. The van der Waals surface area contributed by atoms with Crippen molar-refractivity contribution in [3.63, 3.8) is 0 Å². The van der Waals surface area contributed by atoms with E-state index in [1.807, 2.05) is 4.98 Å². The zero-order valence-electron chi connectivity index (χ0n) is 10.2. The van der Waals surface area contributed by atoms with Crippen LogP contribution in [0.15, 0.2) is 21.9 Å². The second-order valence-corrected chi connectivity index (χ2v) is 5.33. The van der Waals surface area contributed by atoms with E-state index in [9.17, 15) is 28.3 Å². The molecule has 21 heavy (non-hydrogen) atoms. The van der Waals surface area contributed by atoms with Crippen molar-refractivity contribution < 1.29 is 33.1 Å². The fraction of sp³-hybridized carbons (Fsp3) is 0.556. The molecule has 0 spiro atoms. The number of aromatic amines is 1. The highest BCUT2D eigenvalue weighted by atomic mass is 31.2. The molecule has 1 aromatic heterocycles. The van der Waals surface area contributed by atoms with E-state index in [4.69, 9.17) is 9.84 Å². The third-order valence-electron chi connectivity index (χ3n) is 2.82. The summed E-state index contributed by atoms with van der Waals surface area (Å²) in [5.74, 6) is 0. The number of alkyl halides is 1. The van der Waals surface area contributed by atoms with E-state index >= 15 is 0 Å². The molecule has 1 aromatic rings. The Bertz CT molecular complexity index is 668. The summed E-state index contributed by atoms with van der Waals surface area (Å²) in [6.07, 6.45) is -6.28. The molecule has 0 radical (unpaired) electrons. The lowest BCUT2D eigenvalue weighted by Crippen LogP contribution is -2.38. The maximum absolute atomic E-state index is 14.2. The summed E-state index contributed by atoms with van der Waals surface area (Å²) in [7, 11) is -5.52. The summed E-state index contributed by atoms with van der Waals surface area (Å²) in [4.78, 5) is 45.5. The summed E-state index contributed by atoms with van der Waals surface area (Å²) in [6, 6.07) is 0.922. The summed E-state index contributed by atoms with van der Waals surface area (Å²) in [5.41, 5.74) is -1.72. The number of aliphatic hydroxyl groups is 1. The van der Waals surface area contributed by atoms with E-state index in [1.165, 1.54) is 0 Å². The molecule has 1 aliphatic rings. The number of H-pyrrole nitrogens is 1. The average molecular weight is 324 g/mol. The normalized spacial score (nSPS) is 29.7. The molecule has 0 aromatic carbocycles. The van der Waals surface area contributed by atoms with Crippen LogP contribution in [0.4, 0.5) is 4.39 Å². The van der Waals surface area contributed by atoms with Crippen LogP contribution in [0.5, 0.6) is 0 Å². The average Bonchev–Trinajstić information content (AvgIpc) is 2.65. The first-order chi connectivity index (χ1) is 9.73. The number of nitrogens with zero attached hydrogens (tertiary/aromatic N) is 1. The lowest BCUT2D eigenvalue weighted by Gasteiger charge is -2.33. The number of ether oxygens (including phenoxy) is 1. The van der Waals surface area contributed by atoms with Crippen LogP contribution in [-0.2, 0) is 13.8 Å². The Morgan fingerprint density at radius 1 is 1.52 bits per heavy atom. The SMILES string of the molecule is O=c1ccn([C@@H]2O[C@H](CO)[C@@H](OP(=O)([O-])[O-])C2F)c(=O)[nH]1. The van der Waals surface area contributed by atoms with Crippen molar-refractivity contribution in [1.29, 1.82) is 0 Å². The number of aromatic nitrogens is 2. The van der Waals surface area contributed by atoms with Crippen molar-refractivity contribution in [3.8, 4) is 0 Å². The Morgan fingerprint density at radius 2 is 2.19 bits per heavy atom. The molecular weight excluding hydrogens is 314 g/mol. The zero-order chi connectivity index (χ0) is 15.8. The number of hydrogen-bond donors (Lipinski definition) is 2. The van der Waals surface area contributed by atoms with Crippen LogP contribution in [-0.4, -0.2) is 39.6 Å². The van der Waals surface area contributed by atoms with Gasteiger partial charge >= 0.3 is 5.69 Å². The molecule has 2 rings (SSSR count). The number of halogens is 1. The van der Waals surface area contributed by atoms with Crippen molar-refractivity contribution in [2.24, 2.45) is 0 Å². The Balaban J connectivity index is 2.33. The van der Waals surface area contributed by atoms with Crippen molar-refractivity contribution in [1.82, 2.24) is 9.55 Å². The number of nitrogens with one attached hydrogen (secondary N) is 1. The van der Waals surface area contributed by atoms with Crippen molar-refractivity contribution >= 4 is 7.82 Å². The molecule has 0 bridgehead atoms. The van der Waals surface area contributed by atoms with E-state index in [1.54, 1.807) is 0 Å². The molecule has 1 aliphatic heterocycles. The minimum absolute atomic E-state index is 0.651. The number of phosphoric ester groups is 1. The van der Waals surface area contributed by atoms with E-state index in [2.05, 4.69) is 4.52 Å². The number of aliphatic hydroxyl groups excluding tert-OH is 1. The van der Waals surface area contributed by atoms with Gasteiger partial charge in [0.2, 0.25) is 0 Å². The van der Waals surface area contributed by atoms with Crippen LogP contribution in [0.1, 0.15) is 6.23 Å². The first kappa shape index (κ1) is 16.0. The number of rotatable bonds is 4. The number of phosphoric acid groups is 1. The van der Waals surface area contributed by atoms with Gasteiger partial charge in [-0.2, -0.15) is 0 Å². The fourth-order valence-electron chi connectivity index (χ4n) is 1.97. The van der Waals surface area contributed by atoms with Gasteiger partial charge in [-0.25, -0.2) is 9.18 Å². The highest BCUT2D eigenvalue weighted by Gasteiger charge is 2.47. The minimum Gasteiger partial charge on any atom is -0.790 e. The van der Waals surface area contributed by atoms with E-state index in [-0.39, 0.29) is 0 Å². The van der Waals surface area contributed by atoms with Crippen LogP contribution in [0.3, 0.4) is 0 Å². The molecular formula is C9H10FN2O8P-2. The lowest BCUT2D eigenvalue weighted by atomic mass is 10.1. The fourth-order valence-corrected chi connectivity index (χ4v) is 2.52. The maximum atomic E-state index is 14.2. The summed E-state index contributed by atoms with van der Waals surface area (Å²) in [5, 5.41) is 9.02. The van der Waals surface area contributed by atoms with E-state index < -0.39 is 50.3 Å². The summed E-state index contributed by atoms with van der Waals surface area (Å²) < 4.78 is 34.4. The standard InChI is InChI=1S/C9H12FN2O8P/c10-6-7(20-21(16,17)18)4(3-13)19-8(6)12-2-1-5(14)11-9(12)15/h1-2,4,6-8,13H,3H2,(H,11,14,15)(H2,16,17,18)/p-2/t4-,6?,7-,8-/m1/s1. The molecule has 1 fully saturated rings. The molecule has 2 N–H and O–H groups in total. The molecule has 0 saturated carbocycles. The molecule has 118 valence electrons. The second-order valence-electron chi connectivity index (χ2n) is 4.23. The molecule has 4 atom stereocenters. The second kappa shape index (κ2) is 5.79. The van der Waals surface area contributed by atoms with Gasteiger partial charge in [-0.1, -0.05) is 0 Å². The van der Waals surface area contributed by atoms with Crippen molar-refractivity contribution in [2.75, 3.05) is 6.61 Å². The topological polar surface area (TPSA) is 157 Å². The van der Waals surface area contributed by atoms with Gasteiger partial charge in [0.1, 0.15) is 12.2 Å². The van der Waals surface area contributed by atoms with Gasteiger partial charge in [-0.3, -0.25) is 14.3 Å². The third kappa shape index (κ3) is 3.46. The lowest BCUT2D eigenvalue weighted by molar-refractivity contribution is -0.346. The summed E-state index contributed by atoms with van der Waals surface area (Å²) in [6.45, 7) is -0.834. The molecule has 1 unspecified atom stereocenters. The quantitative estimate of drug-likeness (QED) is 0.554. The Morgan fingerprint density at radius 3 is 2.71 bits per heavy atom. The first-order valence-corrected chi connectivity index (χ1v) is 7.11. The van der Waals surface area contributed by atoms with Crippen LogP contribution in [0.25, 0.3) is 0 Å². The van der Waals surface area contributed by atoms with Crippen molar-refractivity contribution in [2.45, 2.75) is 24.6 Å². The molecule has 12 heteroatoms. The van der Waals surface area contributed by atoms with Gasteiger partial charge < -0.3 is 28.7 Å². The van der Waals surface area contributed by atoms with Crippen LogP contribution in [0.2, 0.25) is 0 Å². The largest absolute Gasteiger partial charge is 0.790 e. The van der Waals surface area contributed by atoms with Crippen LogP contribution in [0, 0.1) is 0 Å². The Kier molecular flexibility index (Phi) is 4.42. The van der Waals surface area contributed by atoms with E-state index in [0.29, 0.717) is 4.57 Å². The van der Waals surface area contributed by atoms with Crippen LogP contribution >= 0.6 is 7.82 Å². The monoisotopic (exact) mass is 324 g/mol. The van der Waals surface area contributed by atoms with Crippen LogP contribution < -0.4 is 21.0 Å². The predicted molar refractivity (Wildman–Crippen MR) is 59.7 cm³/mol. The minimum atomic E-state index is -5.52. The van der Waals surface area contributed by atoms with Gasteiger partial charge in [0.05, 0.1) is 14.4 Å². The van der Waals surface area contributed by atoms with Crippen molar-refractivity contribution in [3.05, 3.63) is 33.1 Å². The molecule has 0 aliphatic carbocycles. The smallest absolute Gasteiger partial charge is 0.330 e. The van der Waals surface area contributed by atoms with Gasteiger partial charge in [0.25, 0.3) is 5.56 Å². The first-order valence-electron chi connectivity index (χ1n) is 5.65. The van der Waals surface area contributed by atoms with Gasteiger partial charge in [0.15, 0.2) is 12.4 Å². The van der Waals surface area contributed by atoms with Gasteiger partial charge in [0, 0.05) is 12.3 Å². The highest BCUT2D eigenvalue weighted by molar-refractivity contribution is 7.43. The Labute approximate surface area is 116 Å². The predicted octanol–water partition coefficient (Wildman–Crippen LogP) is -3.02. The Hall–Kier alpha value is -1.36. The molecule has 10 nitrogen and oxygen atoms in total.